The van der Waals surface area contributed by atoms with Gasteiger partial charge in [-0.05, 0) is 209 Å². The molecule has 3 heterocycles. The molecule has 12 aromatic rings. The third-order valence-corrected chi connectivity index (χ3v) is 25.2. The van der Waals surface area contributed by atoms with Crippen molar-refractivity contribution in [1.29, 1.82) is 0 Å². The molecule has 0 unspecified atom stereocenters. The highest BCUT2D eigenvalue weighted by Crippen LogP contribution is 2.65. The van der Waals surface area contributed by atoms with E-state index in [1.54, 1.807) is 28.9 Å². The van der Waals surface area contributed by atoms with Crippen LogP contribution in [0.3, 0.4) is 0 Å². The van der Waals surface area contributed by atoms with Crippen LogP contribution in [0.2, 0.25) is 0 Å². The van der Waals surface area contributed by atoms with E-state index < -0.39 is 31.1 Å². The fourth-order valence-electron chi connectivity index (χ4n) is 20.2. The summed E-state index contributed by atoms with van der Waals surface area (Å²) in [4.78, 5) is 73.8. The molecular formula is C95H90F4N6O12. The summed E-state index contributed by atoms with van der Waals surface area (Å²) < 4.78 is 72.4. The molecule has 18 rings (SSSR count). The number of carbonyl (C=O) groups is 6. The van der Waals surface area contributed by atoms with Gasteiger partial charge in [-0.15, -0.1) is 0 Å². The number of ether oxygens (including phenoxy) is 3. The van der Waals surface area contributed by atoms with E-state index in [1.165, 1.54) is 35.4 Å². The summed E-state index contributed by atoms with van der Waals surface area (Å²) in [5, 5.41) is 42.9. The summed E-state index contributed by atoms with van der Waals surface area (Å²) in [6.45, 7) is -4.59. The number of nitrogens with zero attached hydrogens (tertiary/aromatic N) is 6. The van der Waals surface area contributed by atoms with Crippen molar-refractivity contribution in [2.24, 2.45) is 51.8 Å². The molecule has 9 aromatic carbocycles. The molecule has 3 aromatic heterocycles. The second-order valence-electron chi connectivity index (χ2n) is 33.7. The zero-order chi connectivity index (χ0) is 81.3. The smallest absolute Gasteiger partial charge is 0.387 e. The average Bonchev–Trinajstić information content (AvgIpc) is 1.16. The van der Waals surface area contributed by atoms with Crippen LogP contribution in [0, 0.1) is 51.8 Å². The molecule has 600 valence electrons. The molecular weight excluding hydrogens is 1490 g/mol. The molecule has 22 heteroatoms. The lowest BCUT2D eigenvalue weighted by Crippen LogP contribution is -2.50. The van der Waals surface area contributed by atoms with Crippen LogP contribution in [0.15, 0.2) is 219 Å². The standard InChI is InChI=1S/C32H30F2N2O4.C32H32N2O4.C31H28F2N2O4/c33-31(34)40-26-12-25-18-35-36(19-20-6-8-24(9-7-20)23-4-2-1-3-5-23)30(25)27(13-26)28(37)10-21-14-32(15-21)16-22(17-32)11-29(38)39;1-38-27-13-26-19-33-34(20-21-7-9-25(10-8-21)24-5-3-2-4-6-24)31(26)28(14-27)29(35)11-22-15-32(16-22)17-23(18-32)12-30(36)37;32-30(33)39-25-11-23-17-34-35(18-19-6-8-22(9-7-19)21-4-2-1-3-5-21)28(23)26(12-25)27(36)10-20-13-31(14-20)15-24(16-31)29(37)38/h1-9,12-13,18,21-22,31H,10-11,14-17,19H2,(H,38,39);2-10,13-14,19,22-23H,11-12,15-18,20H2,1H3,(H,36,37);1-9,11-12,17,20,24,30H,10,13-16,18H2,(H,37,38). The minimum Gasteiger partial charge on any atom is -0.497 e. The predicted molar refractivity (Wildman–Crippen MR) is 435 cm³/mol. The molecule has 6 aliphatic carbocycles. The van der Waals surface area contributed by atoms with Gasteiger partial charge in [0.1, 0.15) is 17.2 Å². The predicted octanol–water partition coefficient (Wildman–Crippen LogP) is 20.6. The number of hydrogen-bond donors (Lipinski definition) is 3. The summed E-state index contributed by atoms with van der Waals surface area (Å²) in [6, 6.07) is 64.7. The number of Topliss-reactive ketones (excluding diaryl/α,β-unsaturated/α-hetero) is 3. The number of aromatic nitrogens is 6. The van der Waals surface area contributed by atoms with Crippen molar-refractivity contribution in [3.05, 3.63) is 252 Å². The van der Waals surface area contributed by atoms with Gasteiger partial charge in [-0.3, -0.25) is 42.8 Å². The quantitative estimate of drug-likeness (QED) is 0.0305. The zero-order valence-electron chi connectivity index (χ0n) is 64.8. The third-order valence-electron chi connectivity index (χ3n) is 25.2. The Morgan fingerprint density at radius 1 is 0.368 bits per heavy atom. The Morgan fingerprint density at radius 3 is 0.906 bits per heavy atom. The summed E-state index contributed by atoms with van der Waals surface area (Å²) in [5.41, 5.74) is 13.8. The van der Waals surface area contributed by atoms with Crippen molar-refractivity contribution < 1.29 is 75.9 Å². The molecule has 0 saturated heterocycles. The number of aliphatic carboxylic acids is 3. The van der Waals surface area contributed by atoms with Crippen LogP contribution in [0.25, 0.3) is 66.1 Å². The van der Waals surface area contributed by atoms with Crippen molar-refractivity contribution in [2.75, 3.05) is 7.11 Å². The molecule has 18 nitrogen and oxygen atoms in total. The van der Waals surface area contributed by atoms with Gasteiger partial charge >= 0.3 is 31.1 Å². The first kappa shape index (κ1) is 78.8. The number of methoxy groups -OCH3 is 1. The van der Waals surface area contributed by atoms with Crippen LogP contribution in [-0.2, 0) is 34.0 Å². The fraction of sp³-hybridized carbons (Fsp3) is 0.337. The molecule has 3 spiro atoms. The number of carboxylic acid groups (broad SMARTS) is 3. The Kier molecular flexibility index (Phi) is 22.4. The van der Waals surface area contributed by atoms with Crippen LogP contribution in [0.4, 0.5) is 17.6 Å². The molecule has 0 atom stereocenters. The van der Waals surface area contributed by atoms with Gasteiger partial charge in [0.05, 0.1) is 67.8 Å². The molecule has 0 amide bonds. The van der Waals surface area contributed by atoms with Crippen LogP contribution < -0.4 is 14.2 Å². The van der Waals surface area contributed by atoms with Gasteiger partial charge in [-0.2, -0.15) is 32.9 Å². The second kappa shape index (κ2) is 33.3. The summed E-state index contributed by atoms with van der Waals surface area (Å²) in [7, 11) is 1.62. The lowest BCUT2D eigenvalue weighted by Gasteiger charge is -2.58. The van der Waals surface area contributed by atoms with Gasteiger partial charge in [0.15, 0.2) is 17.3 Å². The summed E-state index contributed by atoms with van der Waals surface area (Å²) in [6.07, 6.45) is 17.2. The molecule has 0 bridgehead atoms. The van der Waals surface area contributed by atoms with Gasteiger partial charge in [0.25, 0.3) is 0 Å². The van der Waals surface area contributed by atoms with E-state index in [1.807, 2.05) is 138 Å². The molecule has 117 heavy (non-hydrogen) atoms. The molecule has 6 saturated carbocycles. The number of ketones is 3. The Bertz CT molecular complexity index is 5630. The lowest BCUT2D eigenvalue weighted by molar-refractivity contribution is -0.158. The van der Waals surface area contributed by atoms with Crippen molar-refractivity contribution in [2.45, 2.75) is 142 Å². The topological polar surface area (TPSA) is 244 Å². The van der Waals surface area contributed by atoms with Gasteiger partial charge in [-0.1, -0.05) is 164 Å². The van der Waals surface area contributed by atoms with Crippen LogP contribution >= 0.6 is 0 Å². The Hall–Kier alpha value is -12.1. The van der Waals surface area contributed by atoms with E-state index >= 15 is 0 Å². The zero-order valence-corrected chi connectivity index (χ0v) is 64.8. The van der Waals surface area contributed by atoms with Gasteiger partial charge in [0.2, 0.25) is 0 Å². The maximum Gasteiger partial charge on any atom is 0.387 e. The minimum absolute atomic E-state index is 0.0532. The highest BCUT2D eigenvalue weighted by Gasteiger charge is 2.56. The van der Waals surface area contributed by atoms with E-state index in [0.29, 0.717) is 101 Å². The van der Waals surface area contributed by atoms with Gasteiger partial charge in [-0.25, -0.2) is 0 Å². The van der Waals surface area contributed by atoms with E-state index in [-0.39, 0.29) is 88.0 Å². The summed E-state index contributed by atoms with van der Waals surface area (Å²) in [5.74, 6) is -0.847. The third kappa shape index (κ3) is 17.7. The number of fused-ring (bicyclic) bond motifs is 3. The SMILES string of the molecule is COc1cc(C(=O)CC2CC3(CC(CC(=O)O)C3)C2)c2c(cnn2Cc2ccc(-c3ccccc3)cc2)c1.O=C(CC1CC2(C1)CC(C(=O)O)C2)c1cc(OC(F)F)cc2cnn(Cc3ccc(-c4ccccc4)cc3)c12.O=C(O)CC1CC2(C1)CC(CC(=O)c1cc(OC(F)F)cc3cnn(Cc4ccc(-c5ccccc5)cc4)c13)C2. The second-order valence-corrected chi connectivity index (χ2v) is 33.7. The van der Waals surface area contributed by atoms with Gasteiger partial charge in [0, 0.05) is 65.0 Å². The maximum absolute atomic E-state index is 13.6. The Balaban J connectivity index is 0.000000131. The maximum atomic E-state index is 13.6. The van der Waals surface area contributed by atoms with Crippen LogP contribution in [0.1, 0.15) is 157 Å². The first-order valence-electron chi connectivity index (χ1n) is 40.1. The number of alkyl halides is 4. The van der Waals surface area contributed by atoms with Crippen molar-refractivity contribution in [1.82, 2.24) is 29.3 Å². The molecule has 0 radical (unpaired) electrons. The van der Waals surface area contributed by atoms with Gasteiger partial charge < -0.3 is 29.5 Å². The molecule has 6 aliphatic rings. The lowest BCUT2D eigenvalue weighted by atomic mass is 9.47. The fourth-order valence-corrected chi connectivity index (χ4v) is 20.2. The molecule has 6 fully saturated rings. The first-order chi connectivity index (χ1) is 56.5. The minimum atomic E-state index is -3.00. The number of benzene rings is 9. The van der Waals surface area contributed by atoms with Crippen LogP contribution in [-0.4, -0.2) is 100 Å². The number of rotatable bonds is 28. The Labute approximate surface area is 673 Å². The number of carbonyl (C=O) groups excluding carboxylic acids is 3. The highest BCUT2D eigenvalue weighted by molar-refractivity contribution is 6.09. The first-order valence-corrected chi connectivity index (χ1v) is 40.1. The highest BCUT2D eigenvalue weighted by atomic mass is 19.3. The van der Waals surface area contributed by atoms with Crippen molar-refractivity contribution in [3.63, 3.8) is 0 Å². The van der Waals surface area contributed by atoms with E-state index in [0.717, 1.165) is 114 Å². The monoisotopic (exact) mass is 1580 g/mol. The number of hydrogen-bond acceptors (Lipinski definition) is 12. The number of carboxylic acids is 3. The van der Waals surface area contributed by atoms with Crippen molar-refractivity contribution >= 4 is 68.0 Å². The van der Waals surface area contributed by atoms with E-state index in [9.17, 15) is 51.4 Å². The normalized spacial score (nSPS) is 22.0. The molecule has 0 aliphatic heterocycles. The van der Waals surface area contributed by atoms with Crippen LogP contribution in [0.5, 0.6) is 17.2 Å². The summed E-state index contributed by atoms with van der Waals surface area (Å²) >= 11 is 0. The van der Waals surface area contributed by atoms with E-state index in [2.05, 4.69) is 73.3 Å². The number of halogens is 4. The molecule has 3 N–H and O–H groups in total. The average molecular weight is 1580 g/mol. The van der Waals surface area contributed by atoms with E-state index in [4.69, 9.17) is 14.9 Å². The Morgan fingerprint density at radius 2 is 0.632 bits per heavy atom. The van der Waals surface area contributed by atoms with Crippen molar-refractivity contribution in [3.8, 4) is 50.6 Å². The largest absolute Gasteiger partial charge is 0.497 e.